The van der Waals surface area contributed by atoms with E-state index in [9.17, 15) is 4.79 Å². The minimum Gasteiger partial charge on any atom is -0.404 e. The van der Waals surface area contributed by atoms with Crippen molar-refractivity contribution in [2.75, 3.05) is 25.6 Å². The third-order valence-corrected chi connectivity index (χ3v) is 3.04. The number of nitrogens with two attached hydrogens (primary N) is 1. The quantitative estimate of drug-likeness (QED) is 0.473. The van der Waals surface area contributed by atoms with E-state index in [0.29, 0.717) is 41.1 Å². The molecule has 0 saturated carbocycles. The standard InChI is InChI=1S/C15H18N6O2/c1-23-5-4-18-15(22)21-14-3-2-12-13(20-14)6-10(9-19-12)11(7-16)8-17/h2-3,6-9,16H,4-5,17H2,1H3,(H2,18,20,21,22)/b11-8+,16-7?. The summed E-state index contributed by atoms with van der Waals surface area (Å²) >= 11 is 0. The Morgan fingerprint density at radius 1 is 1.43 bits per heavy atom. The largest absolute Gasteiger partial charge is 0.404 e. The topological polar surface area (TPSA) is 126 Å². The van der Waals surface area contributed by atoms with Gasteiger partial charge in [0.15, 0.2) is 0 Å². The van der Waals surface area contributed by atoms with E-state index in [1.54, 1.807) is 31.5 Å². The van der Waals surface area contributed by atoms with E-state index in [-0.39, 0.29) is 6.03 Å². The summed E-state index contributed by atoms with van der Waals surface area (Å²) in [5.41, 5.74) is 7.98. The maximum Gasteiger partial charge on any atom is 0.320 e. The molecule has 23 heavy (non-hydrogen) atoms. The zero-order chi connectivity index (χ0) is 16.7. The number of pyridine rings is 2. The van der Waals surface area contributed by atoms with Gasteiger partial charge < -0.3 is 21.2 Å². The first-order valence-electron chi connectivity index (χ1n) is 6.91. The Balaban J connectivity index is 2.19. The van der Waals surface area contributed by atoms with E-state index >= 15 is 0 Å². The lowest BCUT2D eigenvalue weighted by Crippen LogP contribution is -2.31. The molecule has 0 aliphatic rings. The highest BCUT2D eigenvalue weighted by Gasteiger charge is 2.06. The molecule has 5 N–H and O–H groups in total. The number of carbonyl (C=O) groups is 1. The number of nitrogens with one attached hydrogen (secondary N) is 3. The van der Waals surface area contributed by atoms with Gasteiger partial charge in [0, 0.05) is 43.4 Å². The Morgan fingerprint density at radius 3 is 2.96 bits per heavy atom. The number of rotatable bonds is 6. The highest BCUT2D eigenvalue weighted by atomic mass is 16.5. The Kier molecular flexibility index (Phi) is 5.59. The number of nitrogens with zero attached hydrogens (tertiary/aromatic N) is 2. The predicted molar refractivity (Wildman–Crippen MR) is 89.4 cm³/mol. The summed E-state index contributed by atoms with van der Waals surface area (Å²) in [7, 11) is 1.56. The van der Waals surface area contributed by atoms with Gasteiger partial charge in [0.25, 0.3) is 0 Å². The van der Waals surface area contributed by atoms with Crippen molar-refractivity contribution in [3.8, 4) is 0 Å². The molecule has 8 nitrogen and oxygen atoms in total. The molecule has 0 bridgehead atoms. The Labute approximate surface area is 133 Å². The van der Waals surface area contributed by atoms with Gasteiger partial charge in [0.2, 0.25) is 0 Å². The van der Waals surface area contributed by atoms with Crippen LogP contribution in [0.5, 0.6) is 0 Å². The number of aromatic nitrogens is 2. The molecule has 2 amide bonds. The molecule has 8 heteroatoms. The molecule has 0 aliphatic carbocycles. The SMILES string of the molecule is COCCNC(=O)Nc1ccc2ncc(/C(C=N)=C/N)cc2n1. The van der Waals surface area contributed by atoms with Gasteiger partial charge in [-0.1, -0.05) is 0 Å². The third kappa shape index (κ3) is 4.24. The van der Waals surface area contributed by atoms with Crippen LogP contribution in [0.1, 0.15) is 5.56 Å². The second kappa shape index (κ2) is 7.85. The van der Waals surface area contributed by atoms with Crippen LogP contribution in [-0.2, 0) is 4.74 Å². The summed E-state index contributed by atoms with van der Waals surface area (Å²) < 4.78 is 4.86. The molecular weight excluding hydrogens is 296 g/mol. The van der Waals surface area contributed by atoms with Crippen LogP contribution in [0.25, 0.3) is 16.6 Å². The van der Waals surface area contributed by atoms with E-state index in [0.717, 1.165) is 6.21 Å². The number of fused-ring (bicyclic) bond motifs is 1. The maximum absolute atomic E-state index is 11.7. The minimum absolute atomic E-state index is 0.361. The van der Waals surface area contributed by atoms with Gasteiger partial charge >= 0.3 is 6.03 Å². The van der Waals surface area contributed by atoms with E-state index in [4.69, 9.17) is 15.9 Å². The van der Waals surface area contributed by atoms with Crippen molar-refractivity contribution < 1.29 is 9.53 Å². The third-order valence-electron chi connectivity index (χ3n) is 3.04. The van der Waals surface area contributed by atoms with Gasteiger partial charge in [-0.05, 0) is 18.2 Å². The number of carbonyl (C=O) groups excluding carboxylic acids is 1. The Bertz CT molecular complexity index is 744. The molecule has 0 fully saturated rings. The summed E-state index contributed by atoms with van der Waals surface area (Å²) in [6.45, 7) is 0.843. The lowest BCUT2D eigenvalue weighted by Gasteiger charge is -2.08. The van der Waals surface area contributed by atoms with Crippen molar-refractivity contribution in [3.63, 3.8) is 0 Å². The summed E-state index contributed by atoms with van der Waals surface area (Å²) in [5.74, 6) is 0.402. The van der Waals surface area contributed by atoms with Gasteiger partial charge in [-0.25, -0.2) is 9.78 Å². The van der Waals surface area contributed by atoms with Gasteiger partial charge in [-0.3, -0.25) is 10.3 Å². The van der Waals surface area contributed by atoms with Crippen LogP contribution in [0.15, 0.2) is 30.6 Å². The minimum atomic E-state index is -0.361. The van der Waals surface area contributed by atoms with Crippen LogP contribution in [-0.4, -0.2) is 42.5 Å². The van der Waals surface area contributed by atoms with E-state index < -0.39 is 0 Å². The van der Waals surface area contributed by atoms with Crippen molar-refractivity contribution in [1.29, 1.82) is 5.41 Å². The molecule has 2 heterocycles. The molecule has 0 aliphatic heterocycles. The zero-order valence-corrected chi connectivity index (χ0v) is 12.7. The number of amides is 2. The van der Waals surface area contributed by atoms with Crippen molar-refractivity contribution in [1.82, 2.24) is 15.3 Å². The average Bonchev–Trinajstić information content (AvgIpc) is 2.56. The molecule has 120 valence electrons. The lowest BCUT2D eigenvalue weighted by molar-refractivity contribution is 0.198. The van der Waals surface area contributed by atoms with Crippen molar-refractivity contribution >= 4 is 34.7 Å². The first-order chi connectivity index (χ1) is 11.2. The van der Waals surface area contributed by atoms with Gasteiger partial charge in [-0.2, -0.15) is 0 Å². The van der Waals surface area contributed by atoms with Gasteiger partial charge in [-0.15, -0.1) is 0 Å². The summed E-state index contributed by atoms with van der Waals surface area (Å²) in [6.07, 6.45) is 4.10. The van der Waals surface area contributed by atoms with Gasteiger partial charge in [0.05, 0.1) is 17.6 Å². The van der Waals surface area contributed by atoms with Gasteiger partial charge in [0.1, 0.15) is 5.82 Å². The van der Waals surface area contributed by atoms with Crippen LogP contribution in [0.2, 0.25) is 0 Å². The van der Waals surface area contributed by atoms with Crippen LogP contribution in [0.3, 0.4) is 0 Å². The first kappa shape index (κ1) is 16.4. The second-order valence-electron chi connectivity index (χ2n) is 4.60. The Morgan fingerprint density at radius 2 is 2.26 bits per heavy atom. The highest BCUT2D eigenvalue weighted by Crippen LogP contribution is 2.18. The summed E-state index contributed by atoms with van der Waals surface area (Å²) in [6, 6.07) is 4.83. The van der Waals surface area contributed by atoms with Crippen LogP contribution < -0.4 is 16.4 Å². The number of hydrogen-bond donors (Lipinski definition) is 4. The fourth-order valence-corrected chi connectivity index (χ4v) is 1.89. The first-order valence-corrected chi connectivity index (χ1v) is 6.91. The lowest BCUT2D eigenvalue weighted by atomic mass is 10.1. The van der Waals surface area contributed by atoms with E-state index in [2.05, 4.69) is 20.6 Å². The normalized spacial score (nSPS) is 11.3. The molecular formula is C15H18N6O2. The molecule has 2 aromatic heterocycles. The Hall–Kier alpha value is -3.00. The van der Waals surface area contributed by atoms with Crippen molar-refractivity contribution in [3.05, 3.63) is 36.2 Å². The predicted octanol–water partition coefficient (Wildman–Crippen LogP) is 1.35. The number of methoxy groups -OCH3 is 1. The monoisotopic (exact) mass is 314 g/mol. The highest BCUT2D eigenvalue weighted by molar-refractivity contribution is 6.08. The van der Waals surface area contributed by atoms with Crippen LogP contribution >= 0.6 is 0 Å². The smallest absolute Gasteiger partial charge is 0.320 e. The molecule has 2 aromatic rings. The van der Waals surface area contributed by atoms with E-state index in [1.807, 2.05) is 0 Å². The fraction of sp³-hybridized carbons (Fsp3) is 0.200. The van der Waals surface area contributed by atoms with Crippen LogP contribution in [0.4, 0.5) is 10.6 Å². The molecule has 2 rings (SSSR count). The molecule has 0 spiro atoms. The molecule has 0 radical (unpaired) electrons. The molecule has 0 atom stereocenters. The fourth-order valence-electron chi connectivity index (χ4n) is 1.89. The summed E-state index contributed by atoms with van der Waals surface area (Å²) in [5, 5.41) is 12.6. The zero-order valence-electron chi connectivity index (χ0n) is 12.7. The van der Waals surface area contributed by atoms with Crippen LogP contribution in [0, 0.1) is 5.41 Å². The average molecular weight is 314 g/mol. The van der Waals surface area contributed by atoms with Crippen molar-refractivity contribution in [2.45, 2.75) is 0 Å². The molecule has 0 unspecified atom stereocenters. The van der Waals surface area contributed by atoms with Crippen molar-refractivity contribution in [2.24, 2.45) is 5.73 Å². The number of anilines is 1. The number of hydrogen-bond acceptors (Lipinski definition) is 6. The molecule has 0 aromatic carbocycles. The summed E-state index contributed by atoms with van der Waals surface area (Å²) in [4.78, 5) is 20.3. The second-order valence-corrected chi connectivity index (χ2v) is 4.60. The van der Waals surface area contributed by atoms with E-state index in [1.165, 1.54) is 6.20 Å². The number of allylic oxidation sites excluding steroid dienone is 1. The number of ether oxygens (including phenoxy) is 1. The maximum atomic E-state index is 11.7. The number of urea groups is 1. The molecule has 0 saturated heterocycles.